The number of benzene rings is 1. The van der Waals surface area contributed by atoms with Gasteiger partial charge in [-0.15, -0.1) is 0 Å². The van der Waals surface area contributed by atoms with Crippen molar-refractivity contribution < 1.29 is 13.2 Å². The van der Waals surface area contributed by atoms with E-state index in [1.54, 1.807) is 0 Å². The topological polar surface area (TPSA) is 29.3 Å². The number of hydrogen-bond donors (Lipinski definition) is 1. The summed E-state index contributed by atoms with van der Waals surface area (Å²) in [4.78, 5) is 2.10. The number of nitrogen functional groups attached to an aromatic ring is 1. The summed E-state index contributed by atoms with van der Waals surface area (Å²) in [5, 5.41) is 0. The van der Waals surface area contributed by atoms with E-state index in [0.717, 1.165) is 43.6 Å². The van der Waals surface area contributed by atoms with Gasteiger partial charge < -0.3 is 10.6 Å². The minimum atomic E-state index is -4.33. The van der Waals surface area contributed by atoms with E-state index in [2.05, 4.69) is 11.8 Å². The third-order valence-electron chi connectivity index (χ3n) is 3.47. The molecule has 1 aliphatic heterocycles. The Labute approximate surface area is 105 Å². The molecule has 1 fully saturated rings. The predicted molar refractivity (Wildman–Crippen MR) is 66.5 cm³/mol. The molecule has 0 saturated carbocycles. The average Bonchev–Trinajstić information content (AvgIpc) is 2.29. The summed E-state index contributed by atoms with van der Waals surface area (Å²) in [6.45, 7) is 2.94. The molecule has 0 bridgehead atoms. The number of hydrogen-bond acceptors (Lipinski definition) is 2. The molecule has 0 unspecified atom stereocenters. The molecule has 2 nitrogen and oxygen atoms in total. The van der Waals surface area contributed by atoms with E-state index in [4.69, 9.17) is 5.73 Å². The Morgan fingerprint density at radius 1 is 1.28 bits per heavy atom. The van der Waals surface area contributed by atoms with Crippen LogP contribution in [0, 0.1) is 0 Å². The molecule has 1 aromatic carbocycles. The van der Waals surface area contributed by atoms with Gasteiger partial charge in [0.05, 0.1) is 16.9 Å². The maximum atomic E-state index is 12.5. The van der Waals surface area contributed by atoms with Crippen LogP contribution in [-0.2, 0) is 6.18 Å². The maximum Gasteiger partial charge on any atom is 0.416 e. The first-order chi connectivity index (χ1) is 8.39. The monoisotopic (exact) mass is 258 g/mol. The van der Waals surface area contributed by atoms with E-state index in [1.807, 2.05) is 0 Å². The fraction of sp³-hybridized carbons (Fsp3) is 0.538. The summed E-state index contributed by atoms with van der Waals surface area (Å²) in [5.74, 6) is 0. The third-order valence-corrected chi connectivity index (χ3v) is 3.47. The van der Waals surface area contributed by atoms with Gasteiger partial charge in [0.2, 0.25) is 0 Å². The largest absolute Gasteiger partial charge is 0.416 e. The molecule has 18 heavy (non-hydrogen) atoms. The van der Waals surface area contributed by atoms with Crippen LogP contribution in [-0.4, -0.2) is 12.6 Å². The van der Waals surface area contributed by atoms with Gasteiger partial charge in [0, 0.05) is 12.6 Å². The number of anilines is 2. The summed E-state index contributed by atoms with van der Waals surface area (Å²) < 4.78 is 37.6. The van der Waals surface area contributed by atoms with Crippen molar-refractivity contribution in [1.82, 2.24) is 0 Å². The van der Waals surface area contributed by atoms with Crippen LogP contribution in [0.15, 0.2) is 18.2 Å². The summed E-state index contributed by atoms with van der Waals surface area (Å²) >= 11 is 0. The van der Waals surface area contributed by atoms with Crippen molar-refractivity contribution in [3.8, 4) is 0 Å². The zero-order valence-electron chi connectivity index (χ0n) is 10.3. The molecule has 0 radical (unpaired) electrons. The Morgan fingerprint density at radius 3 is 2.56 bits per heavy atom. The second kappa shape index (κ2) is 4.71. The molecule has 5 heteroatoms. The Morgan fingerprint density at radius 2 is 2.00 bits per heavy atom. The Balaban J connectivity index is 2.29. The van der Waals surface area contributed by atoms with E-state index in [-0.39, 0.29) is 5.69 Å². The zero-order chi connectivity index (χ0) is 13.3. The highest BCUT2D eigenvalue weighted by molar-refractivity contribution is 5.69. The first kappa shape index (κ1) is 13.1. The van der Waals surface area contributed by atoms with Gasteiger partial charge >= 0.3 is 6.18 Å². The molecule has 2 rings (SSSR count). The average molecular weight is 258 g/mol. The van der Waals surface area contributed by atoms with Gasteiger partial charge in [-0.3, -0.25) is 0 Å². The Bertz CT molecular complexity index is 429. The molecule has 1 saturated heterocycles. The maximum absolute atomic E-state index is 12.5. The number of piperidine rings is 1. The lowest BCUT2D eigenvalue weighted by Gasteiger charge is -2.36. The van der Waals surface area contributed by atoms with Gasteiger partial charge in [0.25, 0.3) is 0 Å². The molecule has 0 aliphatic carbocycles. The fourth-order valence-electron chi connectivity index (χ4n) is 2.45. The van der Waals surface area contributed by atoms with Crippen molar-refractivity contribution in [2.24, 2.45) is 0 Å². The van der Waals surface area contributed by atoms with Gasteiger partial charge in [-0.05, 0) is 44.4 Å². The van der Waals surface area contributed by atoms with Crippen molar-refractivity contribution in [3.05, 3.63) is 23.8 Å². The van der Waals surface area contributed by atoms with E-state index >= 15 is 0 Å². The molecule has 1 aliphatic rings. The predicted octanol–water partition coefficient (Wildman–Crippen LogP) is 3.67. The van der Waals surface area contributed by atoms with Crippen molar-refractivity contribution in [1.29, 1.82) is 0 Å². The SMILES string of the molecule is C[C@H]1CCCCN1c1ccc(C(F)(F)F)cc1N. The van der Waals surface area contributed by atoms with Gasteiger partial charge in [0.1, 0.15) is 0 Å². The highest BCUT2D eigenvalue weighted by Crippen LogP contribution is 2.35. The van der Waals surface area contributed by atoms with Gasteiger partial charge in [0.15, 0.2) is 0 Å². The molecule has 0 amide bonds. The molecule has 0 aromatic heterocycles. The summed E-state index contributed by atoms with van der Waals surface area (Å²) in [6.07, 6.45) is -1.05. The van der Waals surface area contributed by atoms with Gasteiger partial charge in [-0.25, -0.2) is 0 Å². The molecule has 0 spiro atoms. The Hall–Kier alpha value is -1.39. The molecule has 2 N–H and O–H groups in total. The number of nitrogens with zero attached hydrogens (tertiary/aromatic N) is 1. The summed E-state index contributed by atoms with van der Waals surface area (Å²) in [7, 11) is 0. The summed E-state index contributed by atoms with van der Waals surface area (Å²) in [5.41, 5.74) is 6.01. The molecular formula is C13H17F3N2. The van der Waals surface area contributed by atoms with Crippen LogP contribution in [0.4, 0.5) is 24.5 Å². The van der Waals surface area contributed by atoms with Crippen molar-refractivity contribution in [2.45, 2.75) is 38.4 Å². The molecule has 1 heterocycles. The van der Waals surface area contributed by atoms with Crippen molar-refractivity contribution in [2.75, 3.05) is 17.2 Å². The lowest BCUT2D eigenvalue weighted by molar-refractivity contribution is -0.137. The quantitative estimate of drug-likeness (QED) is 0.779. The highest BCUT2D eigenvalue weighted by atomic mass is 19.4. The minimum absolute atomic E-state index is 0.207. The number of halogens is 3. The fourth-order valence-corrected chi connectivity index (χ4v) is 2.45. The van der Waals surface area contributed by atoms with Gasteiger partial charge in [-0.2, -0.15) is 13.2 Å². The van der Waals surface area contributed by atoms with E-state index in [0.29, 0.717) is 6.04 Å². The minimum Gasteiger partial charge on any atom is -0.397 e. The molecule has 1 aromatic rings. The van der Waals surface area contributed by atoms with Crippen LogP contribution in [0.1, 0.15) is 31.7 Å². The van der Waals surface area contributed by atoms with Crippen LogP contribution in [0.2, 0.25) is 0 Å². The van der Waals surface area contributed by atoms with Crippen LogP contribution >= 0.6 is 0 Å². The normalized spacial score (nSPS) is 21.1. The highest BCUT2D eigenvalue weighted by Gasteiger charge is 2.31. The van der Waals surface area contributed by atoms with Crippen LogP contribution in [0.5, 0.6) is 0 Å². The molecular weight excluding hydrogens is 241 g/mol. The smallest absolute Gasteiger partial charge is 0.397 e. The lowest BCUT2D eigenvalue weighted by atomic mass is 10.0. The number of nitrogens with two attached hydrogens (primary N) is 1. The van der Waals surface area contributed by atoms with E-state index < -0.39 is 11.7 Å². The van der Waals surface area contributed by atoms with Crippen LogP contribution < -0.4 is 10.6 Å². The third kappa shape index (κ3) is 2.54. The Kier molecular flexibility index (Phi) is 3.41. The number of rotatable bonds is 1. The van der Waals surface area contributed by atoms with Gasteiger partial charge in [-0.1, -0.05) is 0 Å². The lowest BCUT2D eigenvalue weighted by Crippen LogP contribution is -2.37. The molecule has 1 atom stereocenters. The van der Waals surface area contributed by atoms with Crippen molar-refractivity contribution in [3.63, 3.8) is 0 Å². The van der Waals surface area contributed by atoms with Crippen molar-refractivity contribution >= 4 is 11.4 Å². The first-order valence-corrected chi connectivity index (χ1v) is 6.13. The van der Waals surface area contributed by atoms with E-state index in [9.17, 15) is 13.2 Å². The van der Waals surface area contributed by atoms with E-state index in [1.165, 1.54) is 6.07 Å². The van der Waals surface area contributed by atoms with Crippen LogP contribution in [0.3, 0.4) is 0 Å². The molecule has 100 valence electrons. The van der Waals surface area contributed by atoms with Crippen LogP contribution in [0.25, 0.3) is 0 Å². The standard InChI is InChI=1S/C13H17F3N2/c1-9-4-2-3-7-18(9)12-6-5-10(8-11(12)17)13(14,15)16/h5-6,8-9H,2-4,7,17H2,1H3/t9-/m0/s1. The second-order valence-electron chi connectivity index (χ2n) is 4.81. The second-order valence-corrected chi connectivity index (χ2v) is 4.81. The zero-order valence-corrected chi connectivity index (χ0v) is 10.3. The summed E-state index contributed by atoms with van der Waals surface area (Å²) in [6, 6.07) is 3.95. The first-order valence-electron chi connectivity index (χ1n) is 6.13. The number of alkyl halides is 3.